The van der Waals surface area contributed by atoms with Crippen LogP contribution in [0.1, 0.15) is 10.5 Å². The number of hydrogen-bond donors (Lipinski definition) is 1. The largest absolute Gasteiger partial charge is 0.479 e. The van der Waals surface area contributed by atoms with E-state index in [1.807, 2.05) is 12.1 Å². The van der Waals surface area contributed by atoms with Gasteiger partial charge in [-0.25, -0.2) is 9.78 Å². The van der Waals surface area contributed by atoms with Gasteiger partial charge in [0.05, 0.1) is 13.2 Å². The van der Waals surface area contributed by atoms with Gasteiger partial charge in [0.1, 0.15) is 10.7 Å². The highest BCUT2D eigenvalue weighted by Crippen LogP contribution is 2.26. The van der Waals surface area contributed by atoms with Crippen molar-refractivity contribution in [1.82, 2.24) is 9.88 Å². The standard InChI is InChI=1S/C15H13ClN2O4S/c16-10-3-1-2-9(6-10)13-17-11(8-23-13)14(19)18-4-5-22-12(7-18)15(20)21/h1-3,6,8,12H,4-5,7H2,(H,20,21)/t12-/m1/s1. The predicted molar refractivity (Wildman–Crippen MR) is 85.8 cm³/mol. The number of carboxylic acids is 1. The van der Waals surface area contributed by atoms with Crippen LogP contribution >= 0.6 is 22.9 Å². The average Bonchev–Trinajstić information content (AvgIpc) is 3.04. The average molecular weight is 353 g/mol. The molecule has 0 saturated carbocycles. The van der Waals surface area contributed by atoms with Crippen LogP contribution < -0.4 is 0 Å². The molecule has 1 saturated heterocycles. The lowest BCUT2D eigenvalue weighted by molar-refractivity contribution is -0.154. The molecular formula is C15H13ClN2O4S. The quantitative estimate of drug-likeness (QED) is 0.917. The maximum atomic E-state index is 12.5. The first-order valence-corrected chi connectivity index (χ1v) is 8.15. The van der Waals surface area contributed by atoms with Crippen LogP contribution in [0.2, 0.25) is 5.02 Å². The molecule has 0 spiro atoms. The van der Waals surface area contributed by atoms with Crippen LogP contribution in [0, 0.1) is 0 Å². The number of hydrogen-bond acceptors (Lipinski definition) is 5. The van der Waals surface area contributed by atoms with Crippen LogP contribution in [-0.4, -0.2) is 52.7 Å². The van der Waals surface area contributed by atoms with Crippen LogP contribution in [0.3, 0.4) is 0 Å². The number of rotatable bonds is 3. The number of nitrogens with zero attached hydrogens (tertiary/aromatic N) is 2. The van der Waals surface area contributed by atoms with Crippen molar-refractivity contribution in [3.05, 3.63) is 40.4 Å². The second-order valence-electron chi connectivity index (χ2n) is 5.00. The molecule has 1 fully saturated rings. The summed E-state index contributed by atoms with van der Waals surface area (Å²) >= 11 is 7.31. The van der Waals surface area contributed by atoms with Gasteiger partial charge >= 0.3 is 5.97 Å². The number of carbonyl (C=O) groups is 2. The van der Waals surface area contributed by atoms with E-state index in [1.165, 1.54) is 16.2 Å². The molecule has 1 aliphatic rings. The van der Waals surface area contributed by atoms with Gasteiger partial charge < -0.3 is 14.7 Å². The van der Waals surface area contributed by atoms with Crippen LogP contribution in [0.15, 0.2) is 29.6 Å². The molecule has 6 nitrogen and oxygen atoms in total. The minimum absolute atomic E-state index is 0.0260. The van der Waals surface area contributed by atoms with Gasteiger partial charge in [-0.15, -0.1) is 11.3 Å². The Hall–Kier alpha value is -1.96. The number of benzene rings is 1. The summed E-state index contributed by atoms with van der Waals surface area (Å²) in [6, 6.07) is 7.24. The van der Waals surface area contributed by atoms with E-state index in [0.717, 1.165) is 5.56 Å². The molecule has 2 heterocycles. The number of ether oxygens (including phenoxy) is 1. The summed E-state index contributed by atoms with van der Waals surface area (Å²) in [6.45, 7) is 0.582. The van der Waals surface area contributed by atoms with Gasteiger partial charge in [0, 0.05) is 22.5 Å². The highest BCUT2D eigenvalue weighted by molar-refractivity contribution is 7.13. The Morgan fingerprint density at radius 2 is 2.26 bits per heavy atom. The lowest BCUT2D eigenvalue weighted by atomic mass is 10.2. The molecule has 0 unspecified atom stereocenters. The Bertz CT molecular complexity index is 749. The molecule has 1 atom stereocenters. The van der Waals surface area contributed by atoms with Crippen LogP contribution in [0.5, 0.6) is 0 Å². The zero-order chi connectivity index (χ0) is 16.4. The molecule has 23 heavy (non-hydrogen) atoms. The van der Waals surface area contributed by atoms with E-state index in [0.29, 0.717) is 22.3 Å². The van der Waals surface area contributed by atoms with Gasteiger partial charge in [-0.1, -0.05) is 23.7 Å². The summed E-state index contributed by atoms with van der Waals surface area (Å²) in [4.78, 5) is 29.3. The predicted octanol–water partition coefficient (Wildman–Crippen LogP) is 2.39. The van der Waals surface area contributed by atoms with Gasteiger partial charge in [0.25, 0.3) is 5.91 Å². The number of carboxylic acid groups (broad SMARTS) is 1. The lowest BCUT2D eigenvalue weighted by Gasteiger charge is -2.30. The summed E-state index contributed by atoms with van der Waals surface area (Å²) in [5.41, 5.74) is 1.14. The molecule has 1 aromatic heterocycles. The van der Waals surface area contributed by atoms with Crippen molar-refractivity contribution in [3.63, 3.8) is 0 Å². The van der Waals surface area contributed by atoms with E-state index in [9.17, 15) is 9.59 Å². The number of aromatic nitrogens is 1. The van der Waals surface area contributed by atoms with E-state index in [-0.39, 0.29) is 19.1 Å². The van der Waals surface area contributed by atoms with Gasteiger partial charge in [-0.2, -0.15) is 0 Å². The van der Waals surface area contributed by atoms with Crippen LogP contribution in [0.25, 0.3) is 10.6 Å². The van der Waals surface area contributed by atoms with Gasteiger partial charge in [0.15, 0.2) is 6.10 Å². The summed E-state index contributed by atoms with van der Waals surface area (Å²) in [5.74, 6) is -1.36. The van der Waals surface area contributed by atoms with Crippen LogP contribution in [-0.2, 0) is 9.53 Å². The number of carbonyl (C=O) groups excluding carboxylic acids is 1. The van der Waals surface area contributed by atoms with Crippen molar-refractivity contribution in [2.24, 2.45) is 0 Å². The normalized spacial score (nSPS) is 18.0. The first kappa shape index (κ1) is 15.9. The molecule has 0 radical (unpaired) electrons. The van der Waals surface area contributed by atoms with Crippen molar-refractivity contribution < 1.29 is 19.4 Å². The first-order chi connectivity index (χ1) is 11.0. The molecular weight excluding hydrogens is 340 g/mol. The van der Waals surface area contributed by atoms with E-state index in [4.69, 9.17) is 21.4 Å². The number of thiazole rings is 1. The van der Waals surface area contributed by atoms with Crippen molar-refractivity contribution in [2.45, 2.75) is 6.10 Å². The van der Waals surface area contributed by atoms with Crippen molar-refractivity contribution in [2.75, 3.05) is 19.7 Å². The minimum atomic E-state index is -1.07. The Morgan fingerprint density at radius 1 is 1.43 bits per heavy atom. The zero-order valence-electron chi connectivity index (χ0n) is 11.9. The molecule has 1 aromatic carbocycles. The Balaban J connectivity index is 1.77. The fraction of sp³-hybridized carbons (Fsp3) is 0.267. The molecule has 1 amide bonds. The van der Waals surface area contributed by atoms with E-state index in [2.05, 4.69) is 4.98 Å². The Kier molecular flexibility index (Phi) is 4.61. The number of halogens is 1. The summed E-state index contributed by atoms with van der Waals surface area (Å²) < 4.78 is 5.12. The third-order valence-corrected chi connectivity index (χ3v) is 4.55. The highest BCUT2D eigenvalue weighted by Gasteiger charge is 2.30. The van der Waals surface area contributed by atoms with E-state index >= 15 is 0 Å². The smallest absolute Gasteiger partial charge is 0.334 e. The maximum absolute atomic E-state index is 12.5. The maximum Gasteiger partial charge on any atom is 0.334 e. The fourth-order valence-corrected chi connectivity index (χ4v) is 3.25. The summed E-state index contributed by atoms with van der Waals surface area (Å²) in [5, 5.41) is 12.0. The van der Waals surface area contributed by atoms with E-state index in [1.54, 1.807) is 17.5 Å². The molecule has 3 rings (SSSR count). The third-order valence-electron chi connectivity index (χ3n) is 3.42. The molecule has 1 N–H and O–H groups in total. The molecule has 120 valence electrons. The van der Waals surface area contributed by atoms with Gasteiger partial charge in [-0.3, -0.25) is 4.79 Å². The molecule has 8 heteroatoms. The fourth-order valence-electron chi connectivity index (χ4n) is 2.27. The molecule has 0 bridgehead atoms. The number of aliphatic carboxylic acids is 1. The monoisotopic (exact) mass is 352 g/mol. The van der Waals surface area contributed by atoms with Gasteiger partial charge in [0.2, 0.25) is 0 Å². The summed E-state index contributed by atoms with van der Waals surface area (Å²) in [6.07, 6.45) is -0.987. The second kappa shape index (κ2) is 6.66. The molecule has 1 aliphatic heterocycles. The van der Waals surface area contributed by atoms with Crippen LogP contribution in [0.4, 0.5) is 0 Å². The molecule has 0 aliphatic carbocycles. The third kappa shape index (κ3) is 3.52. The Morgan fingerprint density at radius 3 is 3.00 bits per heavy atom. The second-order valence-corrected chi connectivity index (χ2v) is 6.29. The number of morpholine rings is 1. The topological polar surface area (TPSA) is 79.7 Å². The summed E-state index contributed by atoms with van der Waals surface area (Å²) in [7, 11) is 0. The van der Waals surface area contributed by atoms with Crippen molar-refractivity contribution >= 4 is 34.8 Å². The van der Waals surface area contributed by atoms with Crippen molar-refractivity contribution in [3.8, 4) is 10.6 Å². The SMILES string of the molecule is O=C(O)[C@H]1CN(C(=O)c2csc(-c3cccc(Cl)c3)n2)CCO1. The Labute approximate surface area is 141 Å². The van der Waals surface area contributed by atoms with Crippen molar-refractivity contribution in [1.29, 1.82) is 0 Å². The lowest BCUT2D eigenvalue weighted by Crippen LogP contribution is -2.48. The molecule has 2 aromatic rings. The highest BCUT2D eigenvalue weighted by atomic mass is 35.5. The number of amides is 1. The minimum Gasteiger partial charge on any atom is -0.479 e. The zero-order valence-corrected chi connectivity index (χ0v) is 13.5. The first-order valence-electron chi connectivity index (χ1n) is 6.90. The van der Waals surface area contributed by atoms with E-state index < -0.39 is 12.1 Å². The van der Waals surface area contributed by atoms with Gasteiger partial charge in [-0.05, 0) is 12.1 Å².